The van der Waals surface area contributed by atoms with E-state index < -0.39 is 6.10 Å². The molecular weight excluding hydrogens is 192 g/mol. The van der Waals surface area contributed by atoms with Gasteiger partial charge in [0.1, 0.15) is 11.9 Å². The maximum Gasteiger partial charge on any atom is 0.132 e. The predicted molar refractivity (Wildman–Crippen MR) is 54.3 cm³/mol. The Morgan fingerprint density at radius 3 is 3.00 bits per heavy atom. The van der Waals surface area contributed by atoms with Crippen molar-refractivity contribution in [1.82, 2.24) is 0 Å². The zero-order chi connectivity index (χ0) is 10.3. The molecule has 1 aromatic rings. The van der Waals surface area contributed by atoms with E-state index in [1.54, 1.807) is 6.26 Å². The van der Waals surface area contributed by atoms with Gasteiger partial charge in [0.05, 0.1) is 18.5 Å². The Morgan fingerprint density at radius 1 is 1.47 bits per heavy atom. The summed E-state index contributed by atoms with van der Waals surface area (Å²) in [5.74, 6) is 0.897. The summed E-state index contributed by atoms with van der Waals surface area (Å²) in [4.78, 5) is 0. The molecule has 1 aliphatic heterocycles. The Bertz CT molecular complexity index is 327. The van der Waals surface area contributed by atoms with Crippen LogP contribution in [0.1, 0.15) is 37.5 Å². The van der Waals surface area contributed by atoms with Crippen LogP contribution >= 0.6 is 0 Å². The molecule has 3 atom stereocenters. The fourth-order valence-corrected chi connectivity index (χ4v) is 2.79. The van der Waals surface area contributed by atoms with E-state index in [-0.39, 0.29) is 11.5 Å². The summed E-state index contributed by atoms with van der Waals surface area (Å²) >= 11 is 0. The number of rotatable bonds is 2. The highest BCUT2D eigenvalue weighted by molar-refractivity contribution is 5.10. The normalized spacial score (nSPS) is 36.7. The molecule has 0 bridgehead atoms. The summed E-state index contributed by atoms with van der Waals surface area (Å²) in [6, 6.07) is 3.66. The lowest BCUT2D eigenvalue weighted by Gasteiger charge is -2.31. The van der Waals surface area contributed by atoms with Crippen molar-refractivity contribution < 1.29 is 14.3 Å². The van der Waals surface area contributed by atoms with Crippen LogP contribution in [0.15, 0.2) is 22.8 Å². The minimum Gasteiger partial charge on any atom is -0.467 e. The molecule has 1 N–H and O–H groups in total. The minimum atomic E-state index is -0.497. The van der Waals surface area contributed by atoms with Gasteiger partial charge in [-0.25, -0.2) is 0 Å². The largest absolute Gasteiger partial charge is 0.467 e. The third-order valence-electron chi connectivity index (χ3n) is 3.77. The van der Waals surface area contributed by atoms with Crippen LogP contribution in [0.4, 0.5) is 0 Å². The maximum absolute atomic E-state index is 10.2. The topological polar surface area (TPSA) is 45.9 Å². The summed E-state index contributed by atoms with van der Waals surface area (Å²) in [6.07, 6.45) is 5.66. The first-order valence-corrected chi connectivity index (χ1v) is 5.67. The molecule has 1 saturated heterocycles. The van der Waals surface area contributed by atoms with Gasteiger partial charge >= 0.3 is 0 Å². The van der Waals surface area contributed by atoms with E-state index in [4.69, 9.17) is 9.15 Å². The van der Waals surface area contributed by atoms with E-state index in [1.165, 1.54) is 12.8 Å². The molecule has 0 aromatic carbocycles. The summed E-state index contributed by atoms with van der Waals surface area (Å²) in [5.41, 5.74) is -0.0234. The lowest BCUT2D eigenvalue weighted by molar-refractivity contribution is 0.0136. The third kappa shape index (κ3) is 1.50. The smallest absolute Gasteiger partial charge is 0.132 e. The van der Waals surface area contributed by atoms with Crippen LogP contribution in [0.3, 0.4) is 0 Å². The van der Waals surface area contributed by atoms with Crippen LogP contribution in [0.25, 0.3) is 0 Å². The predicted octanol–water partition coefficient (Wildman–Crippen LogP) is 2.27. The average molecular weight is 208 g/mol. The number of ether oxygens (including phenoxy) is 1. The Labute approximate surface area is 89.0 Å². The number of hydrogen-bond acceptors (Lipinski definition) is 3. The molecule has 1 saturated carbocycles. The molecule has 2 aliphatic rings. The Balaban J connectivity index is 1.80. The van der Waals surface area contributed by atoms with E-state index in [9.17, 15) is 5.11 Å². The number of furan rings is 1. The SMILES string of the molecule is O[C@H](c1ccco1)[C@@H]1CCCC[C@]12CO2. The zero-order valence-electron chi connectivity index (χ0n) is 8.69. The van der Waals surface area contributed by atoms with Gasteiger partial charge in [-0.05, 0) is 25.0 Å². The van der Waals surface area contributed by atoms with Crippen LogP contribution in [0, 0.1) is 5.92 Å². The first-order chi connectivity index (χ1) is 7.32. The number of epoxide rings is 1. The maximum atomic E-state index is 10.2. The van der Waals surface area contributed by atoms with E-state index in [2.05, 4.69) is 0 Å². The number of hydrogen-bond donors (Lipinski definition) is 1. The highest BCUT2D eigenvalue weighted by Gasteiger charge is 2.55. The van der Waals surface area contributed by atoms with Gasteiger partial charge in [0, 0.05) is 5.92 Å². The van der Waals surface area contributed by atoms with E-state index in [0.717, 1.165) is 19.4 Å². The summed E-state index contributed by atoms with van der Waals surface area (Å²) in [5, 5.41) is 10.2. The highest BCUT2D eigenvalue weighted by atomic mass is 16.6. The molecule has 1 aromatic heterocycles. The van der Waals surface area contributed by atoms with E-state index in [0.29, 0.717) is 5.76 Å². The van der Waals surface area contributed by atoms with Gasteiger partial charge in [0.15, 0.2) is 0 Å². The van der Waals surface area contributed by atoms with Gasteiger partial charge in [-0.3, -0.25) is 0 Å². The standard InChI is InChI=1S/C12H16O3/c13-11(10-5-3-7-14-10)9-4-1-2-6-12(9)8-15-12/h3,5,7,9,11,13H,1-2,4,6,8H2/t9-,11-,12-/m0/s1. The second kappa shape index (κ2) is 3.35. The van der Waals surface area contributed by atoms with Gasteiger partial charge in [0.25, 0.3) is 0 Å². The number of aliphatic hydroxyl groups excluding tert-OH is 1. The molecule has 2 fully saturated rings. The van der Waals surface area contributed by atoms with Gasteiger partial charge in [-0.15, -0.1) is 0 Å². The Kier molecular flexibility index (Phi) is 2.11. The van der Waals surface area contributed by atoms with Gasteiger partial charge in [0.2, 0.25) is 0 Å². The third-order valence-corrected chi connectivity index (χ3v) is 3.77. The molecule has 0 radical (unpaired) electrons. The Hall–Kier alpha value is -0.800. The molecule has 0 unspecified atom stereocenters. The summed E-state index contributed by atoms with van der Waals surface area (Å²) in [6.45, 7) is 0.815. The number of aliphatic hydroxyl groups is 1. The zero-order valence-corrected chi connectivity index (χ0v) is 8.69. The first-order valence-electron chi connectivity index (χ1n) is 5.67. The molecule has 3 nitrogen and oxygen atoms in total. The summed E-state index contributed by atoms with van der Waals surface area (Å²) in [7, 11) is 0. The molecule has 3 heteroatoms. The lowest BCUT2D eigenvalue weighted by Crippen LogP contribution is -2.33. The molecule has 1 spiro atoms. The fourth-order valence-electron chi connectivity index (χ4n) is 2.79. The molecule has 2 heterocycles. The fraction of sp³-hybridized carbons (Fsp3) is 0.667. The van der Waals surface area contributed by atoms with Crippen LogP contribution in [-0.4, -0.2) is 17.3 Å². The quantitative estimate of drug-likeness (QED) is 0.758. The van der Waals surface area contributed by atoms with Gasteiger partial charge < -0.3 is 14.3 Å². The van der Waals surface area contributed by atoms with Crippen molar-refractivity contribution in [1.29, 1.82) is 0 Å². The van der Waals surface area contributed by atoms with Crippen molar-refractivity contribution in [2.45, 2.75) is 37.4 Å². The highest BCUT2D eigenvalue weighted by Crippen LogP contribution is 2.50. The molecule has 0 amide bonds. The van der Waals surface area contributed by atoms with Crippen molar-refractivity contribution in [3.63, 3.8) is 0 Å². The van der Waals surface area contributed by atoms with Crippen molar-refractivity contribution in [2.24, 2.45) is 5.92 Å². The van der Waals surface area contributed by atoms with Crippen LogP contribution < -0.4 is 0 Å². The van der Waals surface area contributed by atoms with Crippen LogP contribution in [0.2, 0.25) is 0 Å². The van der Waals surface area contributed by atoms with E-state index >= 15 is 0 Å². The van der Waals surface area contributed by atoms with E-state index in [1.807, 2.05) is 12.1 Å². The molecule has 1 aliphatic carbocycles. The minimum absolute atomic E-state index is 0.0234. The van der Waals surface area contributed by atoms with Crippen molar-refractivity contribution in [3.8, 4) is 0 Å². The average Bonchev–Trinajstić information content (AvgIpc) is 2.85. The molecular formula is C12H16O3. The summed E-state index contributed by atoms with van der Waals surface area (Å²) < 4.78 is 10.8. The lowest BCUT2D eigenvalue weighted by atomic mass is 9.75. The van der Waals surface area contributed by atoms with Crippen molar-refractivity contribution in [2.75, 3.05) is 6.61 Å². The van der Waals surface area contributed by atoms with Crippen LogP contribution in [-0.2, 0) is 4.74 Å². The second-order valence-corrected chi connectivity index (χ2v) is 4.67. The molecule has 82 valence electrons. The molecule has 15 heavy (non-hydrogen) atoms. The molecule has 3 rings (SSSR count). The van der Waals surface area contributed by atoms with Gasteiger partial charge in [-0.1, -0.05) is 12.8 Å². The van der Waals surface area contributed by atoms with Gasteiger partial charge in [-0.2, -0.15) is 0 Å². The Morgan fingerprint density at radius 2 is 2.33 bits per heavy atom. The van der Waals surface area contributed by atoms with Crippen molar-refractivity contribution >= 4 is 0 Å². The van der Waals surface area contributed by atoms with Crippen LogP contribution in [0.5, 0.6) is 0 Å². The second-order valence-electron chi connectivity index (χ2n) is 4.67. The van der Waals surface area contributed by atoms with Crippen molar-refractivity contribution in [3.05, 3.63) is 24.2 Å². The first kappa shape index (κ1) is 9.43. The monoisotopic (exact) mass is 208 g/mol.